The van der Waals surface area contributed by atoms with E-state index in [2.05, 4.69) is 23.5 Å². The van der Waals surface area contributed by atoms with E-state index in [1.54, 1.807) is 24.3 Å². The van der Waals surface area contributed by atoms with Crippen molar-refractivity contribution < 1.29 is 19.4 Å². The van der Waals surface area contributed by atoms with Crippen LogP contribution < -0.4 is 0 Å². The third-order valence-electron chi connectivity index (χ3n) is 3.15. The number of rotatable bonds is 7. The Kier molecular flexibility index (Phi) is 6.18. The van der Waals surface area contributed by atoms with Crippen LogP contribution in [0, 0.1) is 0 Å². The Morgan fingerprint density at radius 2 is 1.85 bits per heavy atom. The zero-order valence-corrected chi connectivity index (χ0v) is 12.1. The topological polar surface area (TPSA) is 66.8 Å². The molecule has 0 radical (unpaired) electrons. The summed E-state index contributed by atoms with van der Waals surface area (Å²) < 4.78 is 4.64. The van der Waals surface area contributed by atoms with Crippen LogP contribution >= 0.6 is 0 Å². The van der Waals surface area contributed by atoms with Gasteiger partial charge in [0.2, 0.25) is 0 Å². The van der Waals surface area contributed by atoms with E-state index in [1.165, 1.54) is 7.11 Å². The first-order valence-electron chi connectivity index (χ1n) is 6.57. The van der Waals surface area contributed by atoms with Crippen molar-refractivity contribution in [3.63, 3.8) is 0 Å². The van der Waals surface area contributed by atoms with Gasteiger partial charge in [-0.15, -0.1) is 0 Å². The molecule has 0 amide bonds. The van der Waals surface area contributed by atoms with Crippen molar-refractivity contribution in [2.45, 2.75) is 32.9 Å². The van der Waals surface area contributed by atoms with Crippen molar-refractivity contribution in [1.82, 2.24) is 4.90 Å². The Morgan fingerprint density at radius 1 is 1.25 bits per heavy atom. The van der Waals surface area contributed by atoms with Gasteiger partial charge in [0.1, 0.15) is 0 Å². The number of methoxy groups -OCH3 is 1. The van der Waals surface area contributed by atoms with Gasteiger partial charge in [-0.05, 0) is 31.5 Å². The van der Waals surface area contributed by atoms with E-state index in [9.17, 15) is 9.59 Å². The van der Waals surface area contributed by atoms with E-state index < -0.39 is 5.97 Å². The smallest absolute Gasteiger partial charge is 0.335 e. The predicted molar refractivity (Wildman–Crippen MR) is 75.6 cm³/mol. The fourth-order valence-corrected chi connectivity index (χ4v) is 1.84. The number of carboxylic acids is 1. The van der Waals surface area contributed by atoms with Crippen molar-refractivity contribution in [3.05, 3.63) is 35.4 Å². The van der Waals surface area contributed by atoms with Crippen molar-refractivity contribution in [3.8, 4) is 0 Å². The predicted octanol–water partition coefficient (Wildman–Crippen LogP) is 2.16. The maximum absolute atomic E-state index is 11.2. The minimum absolute atomic E-state index is 0.225. The van der Waals surface area contributed by atoms with E-state index in [0.29, 0.717) is 25.6 Å². The number of aromatic carboxylic acids is 1. The first-order chi connectivity index (χ1) is 9.43. The summed E-state index contributed by atoms with van der Waals surface area (Å²) in [4.78, 5) is 24.1. The third-order valence-corrected chi connectivity index (χ3v) is 3.15. The van der Waals surface area contributed by atoms with Crippen LogP contribution in [0.1, 0.15) is 36.2 Å². The molecular weight excluding hydrogens is 258 g/mol. The molecule has 1 aromatic carbocycles. The Balaban J connectivity index is 2.65. The minimum Gasteiger partial charge on any atom is -0.478 e. The summed E-state index contributed by atoms with van der Waals surface area (Å²) in [5.74, 6) is -1.15. The molecule has 1 N–H and O–H groups in total. The summed E-state index contributed by atoms with van der Waals surface area (Å²) in [6.07, 6.45) is 0.349. The molecule has 0 bridgehead atoms. The fourth-order valence-electron chi connectivity index (χ4n) is 1.84. The average Bonchev–Trinajstić information content (AvgIpc) is 2.43. The number of carboxylic acid groups (broad SMARTS) is 1. The molecule has 5 heteroatoms. The van der Waals surface area contributed by atoms with Crippen molar-refractivity contribution in [1.29, 1.82) is 0 Å². The summed E-state index contributed by atoms with van der Waals surface area (Å²) in [6.45, 7) is 5.41. The Morgan fingerprint density at radius 3 is 2.30 bits per heavy atom. The molecule has 0 aliphatic carbocycles. The maximum Gasteiger partial charge on any atom is 0.335 e. The molecule has 0 aliphatic rings. The number of nitrogens with zero attached hydrogens (tertiary/aromatic N) is 1. The molecular formula is C15H21NO4. The molecule has 0 spiro atoms. The highest BCUT2D eigenvalue weighted by Gasteiger charge is 2.13. The van der Waals surface area contributed by atoms with E-state index in [1.807, 2.05) is 0 Å². The number of hydrogen-bond acceptors (Lipinski definition) is 4. The second-order valence-electron chi connectivity index (χ2n) is 4.89. The van der Waals surface area contributed by atoms with Crippen LogP contribution in [0.2, 0.25) is 0 Å². The summed E-state index contributed by atoms with van der Waals surface area (Å²) in [5, 5.41) is 8.86. The van der Waals surface area contributed by atoms with Crippen LogP contribution in [0.15, 0.2) is 24.3 Å². The highest BCUT2D eigenvalue weighted by atomic mass is 16.5. The van der Waals surface area contributed by atoms with Crippen LogP contribution in [0.5, 0.6) is 0 Å². The normalized spacial score (nSPS) is 10.8. The summed E-state index contributed by atoms with van der Waals surface area (Å²) >= 11 is 0. The zero-order chi connectivity index (χ0) is 15.1. The zero-order valence-electron chi connectivity index (χ0n) is 12.1. The lowest BCUT2D eigenvalue weighted by molar-refractivity contribution is -0.141. The highest BCUT2D eigenvalue weighted by Crippen LogP contribution is 2.11. The quantitative estimate of drug-likeness (QED) is 0.775. The van der Waals surface area contributed by atoms with E-state index in [4.69, 9.17) is 5.11 Å². The second-order valence-corrected chi connectivity index (χ2v) is 4.89. The molecule has 5 nitrogen and oxygen atoms in total. The molecule has 0 saturated heterocycles. The third kappa shape index (κ3) is 5.01. The molecule has 110 valence electrons. The molecule has 0 unspecified atom stereocenters. The van der Waals surface area contributed by atoms with Gasteiger partial charge in [-0.3, -0.25) is 9.69 Å². The summed E-state index contributed by atoms with van der Waals surface area (Å²) in [5.41, 5.74) is 1.30. The molecule has 0 aromatic heterocycles. The first kappa shape index (κ1) is 16.2. The minimum atomic E-state index is -0.928. The van der Waals surface area contributed by atoms with Gasteiger partial charge in [0, 0.05) is 19.1 Å². The molecule has 0 fully saturated rings. The molecule has 0 atom stereocenters. The SMILES string of the molecule is COC(=O)CCN(Cc1ccc(C(=O)O)cc1)C(C)C. The van der Waals surface area contributed by atoms with Crippen molar-refractivity contribution in [2.24, 2.45) is 0 Å². The number of carbonyl (C=O) groups excluding carboxylic acids is 1. The number of carbonyl (C=O) groups is 2. The van der Waals surface area contributed by atoms with Crippen molar-refractivity contribution >= 4 is 11.9 Å². The second kappa shape index (κ2) is 7.65. The van der Waals surface area contributed by atoms with Crippen LogP contribution in [-0.2, 0) is 16.1 Å². The number of hydrogen-bond donors (Lipinski definition) is 1. The lowest BCUT2D eigenvalue weighted by atomic mass is 10.1. The van der Waals surface area contributed by atoms with Crippen LogP contribution in [0.4, 0.5) is 0 Å². The van der Waals surface area contributed by atoms with E-state index in [-0.39, 0.29) is 11.5 Å². The lowest BCUT2D eigenvalue weighted by Crippen LogP contribution is -2.32. The monoisotopic (exact) mass is 279 g/mol. The van der Waals surface area contributed by atoms with Gasteiger partial charge in [0.25, 0.3) is 0 Å². The maximum atomic E-state index is 11.2. The van der Waals surface area contributed by atoms with Gasteiger partial charge in [0.15, 0.2) is 0 Å². The molecule has 0 saturated carbocycles. The Bertz CT molecular complexity index is 453. The number of esters is 1. The molecule has 1 aromatic rings. The number of ether oxygens (including phenoxy) is 1. The van der Waals surface area contributed by atoms with Gasteiger partial charge in [-0.2, -0.15) is 0 Å². The van der Waals surface area contributed by atoms with Crippen LogP contribution in [0.25, 0.3) is 0 Å². The Hall–Kier alpha value is -1.88. The highest BCUT2D eigenvalue weighted by molar-refractivity contribution is 5.87. The largest absolute Gasteiger partial charge is 0.478 e. The number of benzene rings is 1. The fraction of sp³-hybridized carbons (Fsp3) is 0.467. The molecule has 0 aliphatic heterocycles. The van der Waals surface area contributed by atoms with E-state index >= 15 is 0 Å². The molecule has 0 heterocycles. The van der Waals surface area contributed by atoms with Gasteiger partial charge >= 0.3 is 11.9 Å². The van der Waals surface area contributed by atoms with E-state index in [0.717, 1.165) is 5.56 Å². The summed E-state index contributed by atoms with van der Waals surface area (Å²) in [7, 11) is 1.38. The summed E-state index contributed by atoms with van der Waals surface area (Å²) in [6, 6.07) is 7.08. The van der Waals surface area contributed by atoms with Gasteiger partial charge in [-0.25, -0.2) is 4.79 Å². The first-order valence-corrected chi connectivity index (χ1v) is 6.57. The molecule has 20 heavy (non-hydrogen) atoms. The van der Waals surface area contributed by atoms with Crippen LogP contribution in [0.3, 0.4) is 0 Å². The average molecular weight is 279 g/mol. The Labute approximate surface area is 119 Å². The molecule has 1 rings (SSSR count). The lowest BCUT2D eigenvalue weighted by Gasteiger charge is -2.26. The standard InChI is InChI=1S/C15H21NO4/c1-11(2)16(9-8-14(17)20-3)10-12-4-6-13(7-5-12)15(18)19/h4-7,11H,8-10H2,1-3H3,(H,18,19). The van der Waals surface area contributed by atoms with Gasteiger partial charge in [-0.1, -0.05) is 12.1 Å². The van der Waals surface area contributed by atoms with Gasteiger partial charge < -0.3 is 9.84 Å². The van der Waals surface area contributed by atoms with Gasteiger partial charge in [0.05, 0.1) is 19.1 Å². The van der Waals surface area contributed by atoms with Crippen LogP contribution in [-0.4, -0.2) is 41.6 Å². The van der Waals surface area contributed by atoms with Crippen molar-refractivity contribution in [2.75, 3.05) is 13.7 Å².